The van der Waals surface area contributed by atoms with Crippen LogP contribution in [-0.2, 0) is 0 Å². The van der Waals surface area contributed by atoms with Gasteiger partial charge in [-0.3, -0.25) is 0 Å². The fourth-order valence-electron chi connectivity index (χ4n) is 4.30. The van der Waals surface area contributed by atoms with Crippen LogP contribution < -0.4 is 0 Å². The van der Waals surface area contributed by atoms with Gasteiger partial charge in [0.25, 0.3) is 0 Å². The molecule has 0 saturated heterocycles. The maximum atomic E-state index is 2.28. The summed E-state index contributed by atoms with van der Waals surface area (Å²) in [7, 11) is 0. The van der Waals surface area contributed by atoms with Gasteiger partial charge in [0.15, 0.2) is 0 Å². The Balaban J connectivity index is 1.70. The molecule has 2 heteroatoms. The van der Waals surface area contributed by atoms with Crippen molar-refractivity contribution in [2.75, 3.05) is 0 Å². The van der Waals surface area contributed by atoms with Gasteiger partial charge in [-0.1, -0.05) is 91.0 Å². The molecule has 3 aromatic heterocycles. The summed E-state index contributed by atoms with van der Waals surface area (Å²) in [5.41, 5.74) is 6.34. The van der Waals surface area contributed by atoms with E-state index >= 15 is 0 Å². The van der Waals surface area contributed by atoms with E-state index in [2.05, 4.69) is 120 Å². The summed E-state index contributed by atoms with van der Waals surface area (Å²) in [5.74, 6) is 0. The average molecular weight is 402 g/mol. The molecule has 0 spiro atoms. The van der Waals surface area contributed by atoms with Crippen LogP contribution in [0.1, 0.15) is 0 Å². The second kappa shape index (κ2) is 7.01. The first kappa shape index (κ1) is 17.3. The number of benzene rings is 3. The number of nitrogens with zero attached hydrogens (tertiary/aromatic N) is 1. The Labute approximate surface area is 179 Å². The fraction of sp³-hybridized carbons (Fsp3) is 0. The van der Waals surface area contributed by atoms with Crippen molar-refractivity contribution >= 4 is 27.6 Å². The zero-order chi connectivity index (χ0) is 19.9. The lowest BCUT2D eigenvalue weighted by molar-refractivity contribution is 1.20. The SMILES string of the molecule is c1ccc(-c2sc(-c3cn4ccccc4c3-c3ccccc3)c3ccccc23)cc1. The molecule has 0 fully saturated rings. The minimum absolute atomic E-state index is 1.23. The first-order valence-electron chi connectivity index (χ1n) is 10.1. The average Bonchev–Trinajstić information content (AvgIpc) is 3.39. The number of pyridine rings is 1. The molecule has 3 aromatic carbocycles. The molecular formula is C28H19NS. The zero-order valence-corrected chi connectivity index (χ0v) is 17.1. The molecular weight excluding hydrogens is 382 g/mol. The van der Waals surface area contributed by atoms with Crippen LogP contribution in [-0.4, -0.2) is 4.40 Å². The number of rotatable bonds is 3. The van der Waals surface area contributed by atoms with Gasteiger partial charge in [0.05, 0.1) is 5.52 Å². The lowest BCUT2D eigenvalue weighted by Crippen LogP contribution is -1.81. The van der Waals surface area contributed by atoms with Gasteiger partial charge < -0.3 is 4.40 Å². The van der Waals surface area contributed by atoms with Crippen molar-refractivity contribution in [3.05, 3.63) is 116 Å². The number of hydrogen-bond acceptors (Lipinski definition) is 1. The van der Waals surface area contributed by atoms with Gasteiger partial charge in [-0.2, -0.15) is 0 Å². The monoisotopic (exact) mass is 401 g/mol. The van der Waals surface area contributed by atoms with E-state index in [0.717, 1.165) is 0 Å². The van der Waals surface area contributed by atoms with Crippen LogP contribution in [0.25, 0.3) is 48.3 Å². The molecule has 6 aromatic rings. The minimum atomic E-state index is 1.23. The normalized spacial score (nSPS) is 11.3. The van der Waals surface area contributed by atoms with Gasteiger partial charge in [0.1, 0.15) is 0 Å². The molecule has 0 aliphatic carbocycles. The lowest BCUT2D eigenvalue weighted by atomic mass is 9.99. The molecule has 1 nitrogen and oxygen atoms in total. The van der Waals surface area contributed by atoms with Gasteiger partial charge in [-0.25, -0.2) is 0 Å². The van der Waals surface area contributed by atoms with Crippen molar-refractivity contribution < 1.29 is 0 Å². The third kappa shape index (κ3) is 2.69. The minimum Gasteiger partial charge on any atom is -0.323 e. The second-order valence-electron chi connectivity index (χ2n) is 7.45. The first-order chi connectivity index (χ1) is 14.9. The Morgan fingerprint density at radius 1 is 0.533 bits per heavy atom. The summed E-state index contributed by atoms with van der Waals surface area (Å²) in [5, 5.41) is 2.63. The fourth-order valence-corrected chi connectivity index (χ4v) is 5.60. The summed E-state index contributed by atoms with van der Waals surface area (Å²) < 4.78 is 2.24. The third-order valence-electron chi connectivity index (χ3n) is 5.65. The summed E-state index contributed by atoms with van der Waals surface area (Å²) in [6, 6.07) is 36.7. The van der Waals surface area contributed by atoms with Crippen LogP contribution in [0, 0.1) is 0 Å². The second-order valence-corrected chi connectivity index (χ2v) is 8.47. The number of thiophene rings is 1. The van der Waals surface area contributed by atoms with Crippen LogP contribution in [0.2, 0.25) is 0 Å². The quantitative estimate of drug-likeness (QED) is 0.282. The molecule has 0 bridgehead atoms. The molecule has 0 radical (unpaired) electrons. The molecule has 0 amide bonds. The van der Waals surface area contributed by atoms with E-state index < -0.39 is 0 Å². The Morgan fingerprint density at radius 3 is 1.87 bits per heavy atom. The molecule has 0 atom stereocenters. The molecule has 0 unspecified atom stereocenters. The molecule has 142 valence electrons. The number of fused-ring (bicyclic) bond motifs is 2. The molecule has 0 aliphatic rings. The van der Waals surface area contributed by atoms with Gasteiger partial charge in [0, 0.05) is 44.0 Å². The highest BCUT2D eigenvalue weighted by Gasteiger charge is 2.20. The summed E-state index contributed by atoms with van der Waals surface area (Å²) in [4.78, 5) is 2.66. The van der Waals surface area contributed by atoms with Crippen LogP contribution in [0.3, 0.4) is 0 Å². The van der Waals surface area contributed by atoms with E-state index in [1.54, 1.807) is 0 Å². The molecule has 0 saturated carbocycles. The Hall–Kier alpha value is -3.62. The standard InChI is InChI=1S/C28H19NS/c1-3-11-20(12-4-1)26-24(19-29-18-10-9-17-25(26)29)28-23-16-8-7-15-22(23)27(30-28)21-13-5-2-6-14-21/h1-19H. The van der Waals surface area contributed by atoms with Crippen molar-refractivity contribution in [3.8, 4) is 32.0 Å². The highest BCUT2D eigenvalue weighted by atomic mass is 32.1. The van der Waals surface area contributed by atoms with E-state index in [0.29, 0.717) is 0 Å². The summed E-state index contributed by atoms with van der Waals surface area (Å²) >= 11 is 1.89. The molecule has 0 N–H and O–H groups in total. The number of aromatic nitrogens is 1. The van der Waals surface area contributed by atoms with Gasteiger partial charge in [0.2, 0.25) is 0 Å². The largest absolute Gasteiger partial charge is 0.323 e. The van der Waals surface area contributed by atoms with E-state index in [1.807, 2.05) is 11.3 Å². The predicted octanol–water partition coefficient (Wildman–Crippen LogP) is 8.16. The molecule has 0 aliphatic heterocycles. The van der Waals surface area contributed by atoms with Crippen molar-refractivity contribution in [1.29, 1.82) is 0 Å². The Bertz CT molecular complexity index is 1470. The summed E-state index contributed by atoms with van der Waals surface area (Å²) in [6.07, 6.45) is 4.42. The van der Waals surface area contributed by atoms with Gasteiger partial charge in [-0.05, 0) is 23.3 Å². The van der Waals surface area contributed by atoms with Crippen molar-refractivity contribution in [2.45, 2.75) is 0 Å². The van der Waals surface area contributed by atoms with Gasteiger partial charge >= 0.3 is 0 Å². The van der Waals surface area contributed by atoms with Crippen LogP contribution >= 0.6 is 11.3 Å². The zero-order valence-electron chi connectivity index (χ0n) is 16.3. The number of hydrogen-bond donors (Lipinski definition) is 0. The van der Waals surface area contributed by atoms with Crippen molar-refractivity contribution in [3.63, 3.8) is 0 Å². The maximum absolute atomic E-state index is 2.28. The summed E-state index contributed by atoms with van der Waals surface area (Å²) in [6.45, 7) is 0. The first-order valence-corrected chi connectivity index (χ1v) is 10.9. The topological polar surface area (TPSA) is 4.41 Å². The molecule has 30 heavy (non-hydrogen) atoms. The van der Waals surface area contributed by atoms with Crippen molar-refractivity contribution in [2.24, 2.45) is 0 Å². The van der Waals surface area contributed by atoms with E-state index in [1.165, 1.54) is 48.3 Å². The smallest absolute Gasteiger partial charge is 0.0535 e. The van der Waals surface area contributed by atoms with Crippen LogP contribution in [0.4, 0.5) is 0 Å². The predicted molar refractivity (Wildman–Crippen MR) is 129 cm³/mol. The lowest BCUT2D eigenvalue weighted by Gasteiger charge is -2.05. The van der Waals surface area contributed by atoms with Crippen molar-refractivity contribution in [1.82, 2.24) is 4.40 Å². The highest BCUT2D eigenvalue weighted by Crippen LogP contribution is 2.47. The van der Waals surface area contributed by atoms with Crippen LogP contribution in [0.15, 0.2) is 116 Å². The van der Waals surface area contributed by atoms with E-state index in [-0.39, 0.29) is 0 Å². The van der Waals surface area contributed by atoms with E-state index in [4.69, 9.17) is 0 Å². The third-order valence-corrected chi connectivity index (χ3v) is 6.95. The van der Waals surface area contributed by atoms with Gasteiger partial charge in [-0.15, -0.1) is 11.3 Å². The molecule has 3 heterocycles. The molecule has 6 rings (SSSR count). The Kier molecular flexibility index (Phi) is 4.03. The maximum Gasteiger partial charge on any atom is 0.0535 e. The Morgan fingerprint density at radius 2 is 1.13 bits per heavy atom. The van der Waals surface area contributed by atoms with Crippen LogP contribution in [0.5, 0.6) is 0 Å². The van der Waals surface area contributed by atoms with E-state index in [9.17, 15) is 0 Å². The highest BCUT2D eigenvalue weighted by molar-refractivity contribution is 7.21.